The van der Waals surface area contributed by atoms with E-state index in [2.05, 4.69) is 40.3 Å². The Morgan fingerprint density at radius 3 is 2.53 bits per heavy atom. The summed E-state index contributed by atoms with van der Waals surface area (Å²) in [6.07, 6.45) is 7.93. The van der Waals surface area contributed by atoms with Crippen molar-refractivity contribution >= 4 is 5.78 Å². The highest BCUT2D eigenvalue weighted by molar-refractivity contribution is 5.86. The molecule has 0 aromatic carbocycles. The van der Waals surface area contributed by atoms with Crippen LogP contribution in [0.25, 0.3) is 0 Å². The number of hydrogen-bond donors (Lipinski definition) is 0. The fraction of sp³-hybridized carbons (Fsp3) is 0.643. The van der Waals surface area contributed by atoms with Crippen LogP contribution in [0.4, 0.5) is 0 Å². The minimum atomic E-state index is -0.337. The zero-order chi connectivity index (χ0) is 23.8. The third-order valence-electron chi connectivity index (χ3n) is 8.58. The van der Waals surface area contributed by atoms with E-state index in [1.165, 1.54) is 11.1 Å². The first-order chi connectivity index (χ1) is 15.0. The van der Waals surface area contributed by atoms with Crippen LogP contribution in [0.5, 0.6) is 5.95 Å². The van der Waals surface area contributed by atoms with Crippen molar-refractivity contribution in [1.82, 2.24) is 0 Å². The van der Waals surface area contributed by atoms with Gasteiger partial charge in [-0.15, -0.1) is 0 Å². The normalized spacial score (nSPS) is 30.1. The maximum Gasteiger partial charge on any atom is 0.291 e. The molecule has 0 spiro atoms. The largest absolute Gasteiger partial charge is 0.468 e. The molecule has 0 radical (unpaired) electrons. The van der Waals surface area contributed by atoms with Gasteiger partial charge in [-0.25, -0.2) is 0 Å². The maximum absolute atomic E-state index is 13.2. The number of fused-ring (bicyclic) bond motifs is 1. The van der Waals surface area contributed by atoms with E-state index in [9.17, 15) is 9.59 Å². The summed E-state index contributed by atoms with van der Waals surface area (Å²) >= 11 is 0. The fourth-order valence-electron chi connectivity index (χ4n) is 6.45. The standard InChI is InChI=1S/C28H40O4/c1-17(2)10-9-14-28(7)23-12-11-18(3)22(27(23,6)15-13-24(28)29)16-21-25(30)19(4)20(5)32-26(21)31-8/h10,22-23H,3,9,11-16H2,1-2,4-8H3/t22-,23-,27-,28+/m1/s1. The van der Waals surface area contributed by atoms with Crippen LogP contribution in [-0.4, -0.2) is 12.9 Å². The molecule has 0 bridgehead atoms. The number of allylic oxidation sites excluding steroid dienone is 3. The van der Waals surface area contributed by atoms with Gasteiger partial charge in [0, 0.05) is 17.4 Å². The Kier molecular flexibility index (Phi) is 6.93. The Bertz CT molecular complexity index is 993. The van der Waals surface area contributed by atoms with E-state index >= 15 is 0 Å². The molecule has 4 atom stereocenters. The molecular weight excluding hydrogens is 400 g/mol. The lowest BCUT2D eigenvalue weighted by Gasteiger charge is -2.58. The van der Waals surface area contributed by atoms with Crippen molar-refractivity contribution in [1.29, 1.82) is 0 Å². The van der Waals surface area contributed by atoms with Crippen molar-refractivity contribution in [3.05, 3.63) is 50.9 Å². The number of carbonyl (C=O) groups is 1. The monoisotopic (exact) mass is 440 g/mol. The molecule has 0 unspecified atom stereocenters. The molecule has 0 N–H and O–H groups in total. The van der Waals surface area contributed by atoms with Crippen LogP contribution in [0.15, 0.2) is 33.0 Å². The molecule has 2 saturated carbocycles. The molecule has 32 heavy (non-hydrogen) atoms. The summed E-state index contributed by atoms with van der Waals surface area (Å²) in [4.78, 5) is 26.4. The second-order valence-electron chi connectivity index (χ2n) is 10.8. The number of aryl methyl sites for hydroxylation is 1. The molecule has 3 rings (SSSR count). The van der Waals surface area contributed by atoms with E-state index in [-0.39, 0.29) is 28.1 Å². The average Bonchev–Trinajstić information content (AvgIpc) is 2.73. The molecule has 4 heteroatoms. The summed E-state index contributed by atoms with van der Waals surface area (Å²) in [6, 6.07) is 0. The van der Waals surface area contributed by atoms with Gasteiger partial charge in [-0.2, -0.15) is 0 Å². The van der Waals surface area contributed by atoms with E-state index in [1.54, 1.807) is 14.0 Å². The van der Waals surface area contributed by atoms with Crippen LogP contribution < -0.4 is 10.2 Å². The molecular formula is C28H40O4. The van der Waals surface area contributed by atoms with Crippen molar-refractivity contribution in [2.24, 2.45) is 22.7 Å². The number of rotatable bonds is 6. The summed E-state index contributed by atoms with van der Waals surface area (Å²) < 4.78 is 11.3. The van der Waals surface area contributed by atoms with Gasteiger partial charge in [0.2, 0.25) is 0 Å². The minimum Gasteiger partial charge on any atom is -0.468 e. The Labute approximate surface area is 193 Å². The minimum absolute atomic E-state index is 0.00216. The highest BCUT2D eigenvalue weighted by atomic mass is 16.6. The Morgan fingerprint density at radius 2 is 1.91 bits per heavy atom. The number of ether oxygens (including phenoxy) is 1. The van der Waals surface area contributed by atoms with Gasteiger partial charge < -0.3 is 9.15 Å². The van der Waals surface area contributed by atoms with E-state index in [4.69, 9.17) is 9.15 Å². The van der Waals surface area contributed by atoms with Crippen molar-refractivity contribution in [2.45, 2.75) is 86.5 Å². The van der Waals surface area contributed by atoms with E-state index in [1.807, 2.05) is 6.92 Å². The molecule has 176 valence electrons. The van der Waals surface area contributed by atoms with Gasteiger partial charge in [0.15, 0.2) is 5.43 Å². The quantitative estimate of drug-likeness (QED) is 0.473. The third kappa shape index (κ3) is 4.13. The summed E-state index contributed by atoms with van der Waals surface area (Å²) in [6.45, 7) is 16.8. The van der Waals surface area contributed by atoms with Crippen LogP contribution in [0.3, 0.4) is 0 Å². The molecule has 2 aliphatic carbocycles. The Hall–Kier alpha value is -2.10. The number of methoxy groups -OCH3 is 1. The second-order valence-corrected chi connectivity index (χ2v) is 10.8. The third-order valence-corrected chi connectivity index (χ3v) is 8.58. The van der Waals surface area contributed by atoms with Gasteiger partial charge in [-0.1, -0.05) is 37.6 Å². The first-order valence-electron chi connectivity index (χ1n) is 12.0. The number of carbonyl (C=O) groups excluding carboxylic acids is 1. The van der Waals surface area contributed by atoms with Gasteiger partial charge >= 0.3 is 0 Å². The zero-order valence-corrected chi connectivity index (χ0v) is 21.0. The maximum atomic E-state index is 13.2. The predicted molar refractivity (Wildman–Crippen MR) is 129 cm³/mol. The zero-order valence-electron chi connectivity index (χ0n) is 21.0. The molecule has 1 aromatic heterocycles. The molecule has 0 saturated heterocycles. The van der Waals surface area contributed by atoms with E-state index < -0.39 is 0 Å². The van der Waals surface area contributed by atoms with Gasteiger partial charge in [0.1, 0.15) is 11.5 Å². The lowest BCUT2D eigenvalue weighted by Crippen LogP contribution is -2.54. The topological polar surface area (TPSA) is 56.5 Å². The second kappa shape index (κ2) is 9.03. The molecule has 4 nitrogen and oxygen atoms in total. The Morgan fingerprint density at radius 1 is 1.22 bits per heavy atom. The highest BCUT2D eigenvalue weighted by Crippen LogP contribution is 2.61. The van der Waals surface area contributed by atoms with Crippen LogP contribution in [0.1, 0.15) is 83.1 Å². The van der Waals surface area contributed by atoms with E-state index in [0.717, 1.165) is 32.1 Å². The summed E-state index contributed by atoms with van der Waals surface area (Å²) in [7, 11) is 1.55. The van der Waals surface area contributed by atoms with Crippen molar-refractivity contribution in [3.8, 4) is 5.95 Å². The lowest BCUT2D eigenvalue weighted by atomic mass is 9.45. The van der Waals surface area contributed by atoms with Crippen molar-refractivity contribution in [3.63, 3.8) is 0 Å². The number of Topliss-reactive ketones (excluding diaryl/α,β-unsaturated/α-hetero) is 1. The SMILES string of the molecule is C=C1CC[C@@H]2[C@](C)(CCC(=O)[C@@]2(C)CCC=C(C)C)[C@@H]1Cc1c(OC)oc(C)c(C)c1=O. The molecule has 0 aliphatic heterocycles. The van der Waals surface area contributed by atoms with E-state index in [0.29, 0.717) is 41.5 Å². The van der Waals surface area contributed by atoms with Gasteiger partial charge in [0.05, 0.1) is 12.7 Å². The summed E-state index contributed by atoms with van der Waals surface area (Å²) in [5.74, 6) is 1.71. The van der Waals surface area contributed by atoms with Crippen LogP contribution in [-0.2, 0) is 11.2 Å². The highest BCUT2D eigenvalue weighted by Gasteiger charge is 2.57. The van der Waals surface area contributed by atoms with Crippen LogP contribution in [0.2, 0.25) is 0 Å². The van der Waals surface area contributed by atoms with Crippen LogP contribution >= 0.6 is 0 Å². The fourth-order valence-corrected chi connectivity index (χ4v) is 6.45. The summed E-state index contributed by atoms with van der Waals surface area (Å²) in [5, 5.41) is 0. The van der Waals surface area contributed by atoms with Crippen molar-refractivity contribution in [2.75, 3.05) is 7.11 Å². The smallest absolute Gasteiger partial charge is 0.291 e. The molecule has 1 aromatic rings. The van der Waals surface area contributed by atoms with Gasteiger partial charge in [-0.05, 0) is 83.5 Å². The molecule has 0 amide bonds. The van der Waals surface area contributed by atoms with Crippen molar-refractivity contribution < 1.29 is 13.9 Å². The van der Waals surface area contributed by atoms with Gasteiger partial charge in [-0.3, -0.25) is 9.59 Å². The Balaban J connectivity index is 2.01. The first-order valence-corrected chi connectivity index (χ1v) is 12.0. The lowest BCUT2D eigenvalue weighted by molar-refractivity contribution is -0.147. The molecule has 2 fully saturated rings. The molecule has 1 heterocycles. The van der Waals surface area contributed by atoms with Crippen LogP contribution in [0, 0.1) is 36.5 Å². The van der Waals surface area contributed by atoms with Gasteiger partial charge in [0.25, 0.3) is 5.95 Å². The first kappa shape index (κ1) is 24.5. The molecule has 2 aliphatic rings. The number of hydrogen-bond acceptors (Lipinski definition) is 4. The average molecular weight is 441 g/mol. The predicted octanol–water partition coefficient (Wildman–Crippen LogP) is 6.51. The number of ketones is 1. The summed E-state index contributed by atoms with van der Waals surface area (Å²) in [5.41, 5.74) is 3.30.